The van der Waals surface area contributed by atoms with E-state index < -0.39 is 15.8 Å². The summed E-state index contributed by atoms with van der Waals surface area (Å²) in [4.78, 5) is 10.5. The van der Waals surface area contributed by atoms with Gasteiger partial charge in [-0.1, -0.05) is 6.92 Å². The van der Waals surface area contributed by atoms with Gasteiger partial charge in [0, 0.05) is 11.9 Å². The molecule has 0 bridgehead atoms. The number of hydrogen-bond donors (Lipinski definition) is 1. The minimum absolute atomic E-state index is 0.0236. The SMILES string of the molecule is CCS(=O)(=O)CCn1ccc(C(=O)O)n1. The van der Waals surface area contributed by atoms with E-state index in [0.29, 0.717) is 0 Å². The summed E-state index contributed by atoms with van der Waals surface area (Å²) in [6.45, 7) is 1.75. The monoisotopic (exact) mass is 232 g/mol. The lowest BCUT2D eigenvalue weighted by molar-refractivity contribution is 0.0689. The second kappa shape index (κ2) is 4.43. The number of nitrogens with zero attached hydrogens (tertiary/aromatic N) is 2. The van der Waals surface area contributed by atoms with E-state index in [1.54, 1.807) is 6.92 Å². The number of carboxylic acids is 1. The van der Waals surface area contributed by atoms with Gasteiger partial charge in [-0.15, -0.1) is 0 Å². The van der Waals surface area contributed by atoms with E-state index in [-0.39, 0.29) is 23.7 Å². The molecule has 0 saturated carbocycles. The Bertz CT molecular complexity index is 449. The second-order valence-corrected chi connectivity index (χ2v) is 5.48. The average molecular weight is 232 g/mol. The van der Waals surface area contributed by atoms with Crippen molar-refractivity contribution in [3.05, 3.63) is 18.0 Å². The molecule has 1 N–H and O–H groups in total. The van der Waals surface area contributed by atoms with Gasteiger partial charge < -0.3 is 5.11 Å². The quantitative estimate of drug-likeness (QED) is 0.772. The average Bonchev–Trinajstić information content (AvgIpc) is 2.63. The lowest BCUT2D eigenvalue weighted by atomic mass is 10.5. The van der Waals surface area contributed by atoms with E-state index in [4.69, 9.17) is 5.11 Å². The molecule has 1 heterocycles. The van der Waals surface area contributed by atoms with Crippen molar-refractivity contribution in [3.8, 4) is 0 Å². The highest BCUT2D eigenvalue weighted by atomic mass is 32.2. The third kappa shape index (κ3) is 3.35. The highest BCUT2D eigenvalue weighted by molar-refractivity contribution is 7.91. The highest BCUT2D eigenvalue weighted by Crippen LogP contribution is 1.97. The van der Waals surface area contributed by atoms with E-state index in [1.165, 1.54) is 16.9 Å². The molecule has 1 aromatic rings. The van der Waals surface area contributed by atoms with Gasteiger partial charge in [0.25, 0.3) is 0 Å². The summed E-state index contributed by atoms with van der Waals surface area (Å²) >= 11 is 0. The number of aryl methyl sites for hydroxylation is 1. The molecule has 0 fully saturated rings. The first-order chi connectivity index (χ1) is 6.94. The van der Waals surface area contributed by atoms with Crippen molar-refractivity contribution < 1.29 is 18.3 Å². The fourth-order valence-corrected chi connectivity index (χ4v) is 1.73. The first kappa shape index (κ1) is 11.7. The lowest BCUT2D eigenvalue weighted by Crippen LogP contribution is -2.15. The van der Waals surface area contributed by atoms with Crippen LogP contribution in [0.4, 0.5) is 0 Å². The van der Waals surface area contributed by atoms with Crippen LogP contribution in [0, 0.1) is 0 Å². The van der Waals surface area contributed by atoms with Crippen molar-refractivity contribution in [1.82, 2.24) is 9.78 Å². The summed E-state index contributed by atoms with van der Waals surface area (Å²) in [6, 6.07) is 1.33. The van der Waals surface area contributed by atoms with Gasteiger partial charge in [0.2, 0.25) is 0 Å². The molecule has 15 heavy (non-hydrogen) atoms. The summed E-state index contributed by atoms with van der Waals surface area (Å²) in [5.41, 5.74) is -0.0797. The number of carbonyl (C=O) groups is 1. The topological polar surface area (TPSA) is 89.3 Å². The van der Waals surface area contributed by atoms with Crippen LogP contribution in [0.15, 0.2) is 12.3 Å². The Hall–Kier alpha value is -1.37. The lowest BCUT2D eigenvalue weighted by Gasteiger charge is -2.01. The van der Waals surface area contributed by atoms with Crippen LogP contribution in [0.5, 0.6) is 0 Å². The van der Waals surface area contributed by atoms with E-state index in [9.17, 15) is 13.2 Å². The minimum Gasteiger partial charge on any atom is -0.476 e. The van der Waals surface area contributed by atoms with Gasteiger partial charge in [0.1, 0.15) is 0 Å². The maximum Gasteiger partial charge on any atom is 0.356 e. The Morgan fingerprint density at radius 3 is 2.73 bits per heavy atom. The first-order valence-electron chi connectivity index (χ1n) is 4.42. The van der Waals surface area contributed by atoms with Crippen LogP contribution in [0.25, 0.3) is 0 Å². The molecular weight excluding hydrogens is 220 g/mol. The minimum atomic E-state index is -3.04. The van der Waals surface area contributed by atoms with Crippen LogP contribution in [0.3, 0.4) is 0 Å². The molecule has 0 aliphatic heterocycles. The zero-order chi connectivity index (χ0) is 11.5. The number of sulfone groups is 1. The van der Waals surface area contributed by atoms with Crippen molar-refractivity contribution in [1.29, 1.82) is 0 Å². The Morgan fingerprint density at radius 2 is 2.27 bits per heavy atom. The number of aromatic carboxylic acids is 1. The van der Waals surface area contributed by atoms with E-state index in [1.807, 2.05) is 0 Å². The van der Waals surface area contributed by atoms with Gasteiger partial charge in [0.15, 0.2) is 15.5 Å². The number of carboxylic acid groups (broad SMARTS) is 1. The molecule has 0 atom stereocenters. The highest BCUT2D eigenvalue weighted by Gasteiger charge is 2.10. The molecule has 84 valence electrons. The Kier molecular flexibility index (Phi) is 3.46. The fraction of sp³-hybridized carbons (Fsp3) is 0.500. The molecule has 0 aliphatic carbocycles. The second-order valence-electron chi connectivity index (χ2n) is 3.01. The summed E-state index contributed by atoms with van der Waals surface area (Å²) in [5.74, 6) is -1.06. The van der Waals surface area contributed by atoms with Crippen molar-refractivity contribution in [3.63, 3.8) is 0 Å². The smallest absolute Gasteiger partial charge is 0.356 e. The molecule has 7 heteroatoms. The zero-order valence-corrected chi connectivity index (χ0v) is 9.07. The Labute approximate surface area is 87.4 Å². The van der Waals surface area contributed by atoms with Gasteiger partial charge in [-0.05, 0) is 6.07 Å². The zero-order valence-electron chi connectivity index (χ0n) is 8.25. The van der Waals surface area contributed by atoms with E-state index in [0.717, 1.165) is 0 Å². The molecule has 0 amide bonds. The van der Waals surface area contributed by atoms with Crippen molar-refractivity contribution in [2.24, 2.45) is 0 Å². The summed E-state index contributed by atoms with van der Waals surface area (Å²) in [6.07, 6.45) is 1.45. The number of hydrogen-bond acceptors (Lipinski definition) is 4. The van der Waals surface area contributed by atoms with Crippen LogP contribution in [-0.2, 0) is 16.4 Å². The van der Waals surface area contributed by atoms with Gasteiger partial charge in [0.05, 0.1) is 12.3 Å². The van der Waals surface area contributed by atoms with Crippen LogP contribution >= 0.6 is 0 Å². The first-order valence-corrected chi connectivity index (χ1v) is 6.24. The molecule has 0 aromatic carbocycles. The molecule has 0 unspecified atom stereocenters. The predicted octanol–water partition coefficient (Wildman–Crippen LogP) is 0.0160. The standard InChI is InChI=1S/C8H12N2O4S/c1-2-15(13,14)6-5-10-4-3-7(9-10)8(11)12/h3-4H,2,5-6H2,1H3,(H,11,12). The van der Waals surface area contributed by atoms with E-state index >= 15 is 0 Å². The van der Waals surface area contributed by atoms with Crippen LogP contribution in [-0.4, -0.2) is 40.8 Å². The molecule has 0 spiro atoms. The number of aromatic nitrogens is 2. The van der Waals surface area contributed by atoms with Gasteiger partial charge in [-0.3, -0.25) is 4.68 Å². The van der Waals surface area contributed by atoms with E-state index in [2.05, 4.69) is 5.10 Å². The van der Waals surface area contributed by atoms with Crippen molar-refractivity contribution in [2.45, 2.75) is 13.5 Å². The third-order valence-corrected chi connectivity index (χ3v) is 3.62. The van der Waals surface area contributed by atoms with Crippen molar-refractivity contribution in [2.75, 3.05) is 11.5 Å². The number of rotatable bonds is 5. The van der Waals surface area contributed by atoms with Crippen LogP contribution in [0.2, 0.25) is 0 Å². The summed E-state index contributed by atoms with van der Waals surface area (Å²) < 4.78 is 23.6. The molecule has 0 radical (unpaired) electrons. The largest absolute Gasteiger partial charge is 0.476 e. The molecule has 1 aromatic heterocycles. The third-order valence-electron chi connectivity index (χ3n) is 1.93. The predicted molar refractivity (Wildman–Crippen MR) is 53.5 cm³/mol. The molecule has 1 rings (SSSR count). The summed E-state index contributed by atoms with van der Waals surface area (Å²) in [7, 11) is -3.04. The Morgan fingerprint density at radius 1 is 1.60 bits per heavy atom. The molecule has 0 saturated heterocycles. The van der Waals surface area contributed by atoms with Crippen molar-refractivity contribution >= 4 is 15.8 Å². The van der Waals surface area contributed by atoms with Gasteiger partial charge in [-0.25, -0.2) is 13.2 Å². The summed E-state index contributed by atoms with van der Waals surface area (Å²) in [5, 5.41) is 12.3. The van der Waals surface area contributed by atoms with Gasteiger partial charge >= 0.3 is 5.97 Å². The molecule has 0 aliphatic rings. The Balaban J connectivity index is 2.63. The molecular formula is C8H12N2O4S. The van der Waals surface area contributed by atoms with Gasteiger partial charge in [-0.2, -0.15) is 5.10 Å². The van der Waals surface area contributed by atoms with Crippen LogP contribution in [0.1, 0.15) is 17.4 Å². The normalized spacial score (nSPS) is 11.5. The molecule has 6 nitrogen and oxygen atoms in total. The maximum atomic E-state index is 11.2. The maximum absolute atomic E-state index is 11.2. The fourth-order valence-electron chi connectivity index (χ4n) is 0.977. The van der Waals surface area contributed by atoms with Crippen LogP contribution < -0.4 is 0 Å².